The van der Waals surface area contributed by atoms with E-state index in [0.717, 1.165) is 5.56 Å². The van der Waals surface area contributed by atoms with E-state index in [1.165, 1.54) is 0 Å². The molecule has 1 atom stereocenters. The highest BCUT2D eigenvalue weighted by molar-refractivity contribution is 5.77. The van der Waals surface area contributed by atoms with E-state index in [4.69, 9.17) is 14.6 Å². The predicted octanol–water partition coefficient (Wildman–Crippen LogP) is 1.87. The molecule has 0 saturated carbocycles. The van der Waals surface area contributed by atoms with Crippen LogP contribution in [0.1, 0.15) is 25.3 Å². The fourth-order valence-corrected chi connectivity index (χ4v) is 2.23. The van der Waals surface area contributed by atoms with Gasteiger partial charge in [0.2, 0.25) is 12.7 Å². The van der Waals surface area contributed by atoms with Crippen molar-refractivity contribution in [3.8, 4) is 11.5 Å². The molecule has 2 rings (SSSR count). The number of amides is 1. The van der Waals surface area contributed by atoms with E-state index < -0.39 is 5.97 Å². The van der Waals surface area contributed by atoms with Gasteiger partial charge in [0.05, 0.1) is 0 Å². The maximum Gasteiger partial charge on any atom is 0.303 e. The summed E-state index contributed by atoms with van der Waals surface area (Å²) in [6.07, 6.45) is 0.233. The summed E-state index contributed by atoms with van der Waals surface area (Å²) in [7, 11) is 1.71. The molecule has 1 heterocycles. The molecule has 1 amide bonds. The van der Waals surface area contributed by atoms with Crippen molar-refractivity contribution < 1.29 is 24.2 Å². The lowest BCUT2D eigenvalue weighted by Crippen LogP contribution is -2.28. The van der Waals surface area contributed by atoms with Crippen LogP contribution in [0.2, 0.25) is 0 Å². The van der Waals surface area contributed by atoms with Gasteiger partial charge >= 0.3 is 5.97 Å². The Balaban J connectivity index is 1.90. The van der Waals surface area contributed by atoms with Crippen molar-refractivity contribution in [2.75, 3.05) is 13.8 Å². The van der Waals surface area contributed by atoms with Crippen LogP contribution in [-0.2, 0) is 16.1 Å². The second-order valence-corrected chi connectivity index (χ2v) is 5.34. The predicted molar refractivity (Wildman–Crippen MR) is 75.1 cm³/mol. The summed E-state index contributed by atoms with van der Waals surface area (Å²) >= 11 is 0. The van der Waals surface area contributed by atoms with E-state index in [1.54, 1.807) is 18.9 Å². The molecule has 1 aromatic rings. The Bertz CT molecular complexity index is 543. The van der Waals surface area contributed by atoms with Gasteiger partial charge in [0.25, 0.3) is 0 Å². The molecule has 0 aliphatic carbocycles. The molecule has 114 valence electrons. The molecule has 6 nitrogen and oxygen atoms in total. The molecule has 1 aliphatic rings. The lowest BCUT2D eigenvalue weighted by atomic mass is 10.0. The first-order valence-electron chi connectivity index (χ1n) is 6.80. The molecular weight excluding hydrogens is 274 g/mol. The molecule has 1 aromatic carbocycles. The van der Waals surface area contributed by atoms with Crippen LogP contribution in [-0.4, -0.2) is 35.7 Å². The first-order valence-corrected chi connectivity index (χ1v) is 6.80. The minimum atomic E-state index is -0.881. The van der Waals surface area contributed by atoms with Crippen molar-refractivity contribution in [1.82, 2.24) is 4.90 Å². The van der Waals surface area contributed by atoms with E-state index in [1.807, 2.05) is 18.2 Å². The number of carboxylic acid groups (broad SMARTS) is 1. The Labute approximate surface area is 123 Å². The van der Waals surface area contributed by atoms with Gasteiger partial charge in [-0.3, -0.25) is 9.59 Å². The van der Waals surface area contributed by atoms with Crippen molar-refractivity contribution in [2.24, 2.45) is 5.92 Å². The average molecular weight is 293 g/mol. The van der Waals surface area contributed by atoms with Gasteiger partial charge in [0.1, 0.15) is 0 Å². The summed E-state index contributed by atoms with van der Waals surface area (Å²) in [5.41, 5.74) is 0.945. The maximum atomic E-state index is 12.1. The Kier molecular flexibility index (Phi) is 4.67. The van der Waals surface area contributed by atoms with Crippen molar-refractivity contribution in [2.45, 2.75) is 26.3 Å². The molecule has 1 aliphatic heterocycles. The molecule has 21 heavy (non-hydrogen) atoms. The van der Waals surface area contributed by atoms with Crippen LogP contribution in [0, 0.1) is 5.92 Å². The standard InChI is InChI=1S/C15H19NO5/c1-10(6-15(18)19)5-14(17)16(2)8-11-3-4-12-13(7-11)21-9-20-12/h3-4,7,10H,5-6,8-9H2,1-2H3,(H,18,19). The molecule has 0 saturated heterocycles. The summed E-state index contributed by atoms with van der Waals surface area (Å²) in [6.45, 7) is 2.44. The number of hydrogen-bond acceptors (Lipinski definition) is 4. The molecule has 1 unspecified atom stereocenters. The summed E-state index contributed by atoms with van der Waals surface area (Å²) in [4.78, 5) is 24.3. The normalized spacial score (nSPS) is 13.8. The molecule has 0 radical (unpaired) electrons. The smallest absolute Gasteiger partial charge is 0.303 e. The van der Waals surface area contributed by atoms with Gasteiger partial charge in [-0.1, -0.05) is 13.0 Å². The molecule has 0 bridgehead atoms. The van der Waals surface area contributed by atoms with Crippen LogP contribution < -0.4 is 9.47 Å². The number of benzene rings is 1. The van der Waals surface area contributed by atoms with Crippen molar-refractivity contribution in [1.29, 1.82) is 0 Å². The molecule has 0 fully saturated rings. The van der Waals surface area contributed by atoms with Crippen molar-refractivity contribution in [3.05, 3.63) is 23.8 Å². The highest BCUT2D eigenvalue weighted by Gasteiger charge is 2.18. The second kappa shape index (κ2) is 6.47. The van der Waals surface area contributed by atoms with Gasteiger partial charge in [-0.2, -0.15) is 0 Å². The zero-order valence-corrected chi connectivity index (χ0v) is 12.2. The molecular formula is C15H19NO5. The SMILES string of the molecule is CC(CC(=O)O)CC(=O)N(C)Cc1ccc2c(c1)OCO2. The summed E-state index contributed by atoms with van der Waals surface area (Å²) in [6, 6.07) is 5.56. The highest BCUT2D eigenvalue weighted by Crippen LogP contribution is 2.32. The van der Waals surface area contributed by atoms with Crippen LogP contribution in [0.15, 0.2) is 18.2 Å². The molecule has 0 aromatic heterocycles. The van der Waals surface area contributed by atoms with Crippen molar-refractivity contribution >= 4 is 11.9 Å². The van der Waals surface area contributed by atoms with Crippen molar-refractivity contribution in [3.63, 3.8) is 0 Å². The first kappa shape index (κ1) is 15.2. The molecule has 0 spiro atoms. The van der Waals surface area contributed by atoms with Gasteiger partial charge in [-0.15, -0.1) is 0 Å². The van der Waals surface area contributed by atoms with E-state index in [-0.39, 0.29) is 31.5 Å². The maximum absolute atomic E-state index is 12.1. The Morgan fingerprint density at radius 1 is 1.29 bits per heavy atom. The van der Waals surface area contributed by atoms with Gasteiger partial charge in [-0.25, -0.2) is 0 Å². The topological polar surface area (TPSA) is 76.1 Å². The number of carboxylic acids is 1. The number of fused-ring (bicyclic) bond motifs is 1. The minimum absolute atomic E-state index is 0.00358. The number of ether oxygens (including phenoxy) is 2. The quantitative estimate of drug-likeness (QED) is 0.866. The fraction of sp³-hybridized carbons (Fsp3) is 0.467. The van der Waals surface area contributed by atoms with Crippen LogP contribution >= 0.6 is 0 Å². The number of nitrogens with zero attached hydrogens (tertiary/aromatic N) is 1. The number of carbonyl (C=O) groups is 2. The monoisotopic (exact) mass is 293 g/mol. The highest BCUT2D eigenvalue weighted by atomic mass is 16.7. The number of carbonyl (C=O) groups excluding carboxylic acids is 1. The van der Waals surface area contributed by atoms with Crippen LogP contribution in [0.4, 0.5) is 0 Å². The van der Waals surface area contributed by atoms with Gasteiger partial charge < -0.3 is 19.5 Å². The van der Waals surface area contributed by atoms with Crippen LogP contribution in [0.5, 0.6) is 11.5 Å². The number of rotatable bonds is 6. The van der Waals surface area contributed by atoms with Crippen LogP contribution in [0.3, 0.4) is 0 Å². The number of hydrogen-bond donors (Lipinski definition) is 1. The largest absolute Gasteiger partial charge is 0.481 e. The summed E-state index contributed by atoms with van der Waals surface area (Å²) < 4.78 is 10.5. The van der Waals surface area contributed by atoms with Gasteiger partial charge in [0, 0.05) is 26.4 Å². The fourth-order valence-electron chi connectivity index (χ4n) is 2.23. The van der Waals surface area contributed by atoms with E-state index in [9.17, 15) is 9.59 Å². The molecule has 6 heteroatoms. The van der Waals surface area contributed by atoms with Crippen LogP contribution in [0.25, 0.3) is 0 Å². The lowest BCUT2D eigenvalue weighted by Gasteiger charge is -2.19. The molecule has 1 N–H and O–H groups in total. The van der Waals surface area contributed by atoms with E-state index >= 15 is 0 Å². The van der Waals surface area contributed by atoms with Gasteiger partial charge in [-0.05, 0) is 23.6 Å². The summed E-state index contributed by atoms with van der Waals surface area (Å²) in [5, 5.41) is 8.71. The average Bonchev–Trinajstić information content (AvgIpc) is 2.84. The Hall–Kier alpha value is -2.24. The minimum Gasteiger partial charge on any atom is -0.481 e. The third-order valence-corrected chi connectivity index (χ3v) is 3.33. The van der Waals surface area contributed by atoms with Gasteiger partial charge in [0.15, 0.2) is 11.5 Å². The van der Waals surface area contributed by atoms with E-state index in [0.29, 0.717) is 18.0 Å². The second-order valence-electron chi connectivity index (χ2n) is 5.34. The number of aliphatic carboxylic acids is 1. The Morgan fingerprint density at radius 2 is 2.00 bits per heavy atom. The lowest BCUT2D eigenvalue weighted by molar-refractivity contribution is -0.138. The first-order chi connectivity index (χ1) is 9.95. The Morgan fingerprint density at radius 3 is 2.71 bits per heavy atom. The van der Waals surface area contributed by atoms with E-state index in [2.05, 4.69) is 0 Å². The zero-order valence-electron chi connectivity index (χ0n) is 12.2. The third-order valence-electron chi connectivity index (χ3n) is 3.33. The zero-order chi connectivity index (χ0) is 15.4. The third kappa shape index (κ3) is 4.11. The summed E-state index contributed by atoms with van der Waals surface area (Å²) in [5.74, 6) is 0.278.